The van der Waals surface area contributed by atoms with E-state index in [2.05, 4.69) is 42.7 Å². The van der Waals surface area contributed by atoms with Crippen LogP contribution in [0.4, 0.5) is 0 Å². The van der Waals surface area contributed by atoms with Gasteiger partial charge in [-0.15, -0.1) is 22.7 Å². The van der Waals surface area contributed by atoms with Gasteiger partial charge >= 0.3 is 0 Å². The molecule has 0 unspecified atom stereocenters. The average Bonchev–Trinajstić information content (AvgIpc) is 3.23. The molecule has 0 fully saturated rings. The van der Waals surface area contributed by atoms with Crippen LogP contribution >= 0.6 is 22.7 Å². The quantitative estimate of drug-likeness (QED) is 0.587. The van der Waals surface area contributed by atoms with Gasteiger partial charge in [-0.2, -0.15) is 5.26 Å². The summed E-state index contributed by atoms with van der Waals surface area (Å²) in [5.74, 6) is 0.474. The largest absolute Gasteiger partial charge is 0.304 e. The Hall–Kier alpha value is -2.17. The summed E-state index contributed by atoms with van der Waals surface area (Å²) in [7, 11) is 0. The average molecular weight is 401 g/mol. The Bertz CT molecular complexity index is 911. The van der Waals surface area contributed by atoms with E-state index in [-0.39, 0.29) is 11.3 Å². The van der Waals surface area contributed by atoms with Gasteiger partial charge in [0.1, 0.15) is 16.6 Å². The summed E-state index contributed by atoms with van der Waals surface area (Å²) in [6.07, 6.45) is 4.75. The summed E-state index contributed by atoms with van der Waals surface area (Å²) in [6.45, 7) is 8.74. The number of thiophene rings is 1. The fraction of sp³-hybridized carbons (Fsp3) is 0.450. The highest BCUT2D eigenvalue weighted by atomic mass is 32.1. The first-order chi connectivity index (χ1) is 12.8. The van der Waals surface area contributed by atoms with Crippen molar-refractivity contribution in [3.63, 3.8) is 0 Å². The Labute approximate surface area is 168 Å². The summed E-state index contributed by atoms with van der Waals surface area (Å²) in [5.41, 5.74) is 8.27. The van der Waals surface area contributed by atoms with E-state index in [4.69, 9.17) is 0 Å². The Kier molecular flexibility index (Phi) is 5.68. The zero-order chi connectivity index (χ0) is 19.6. The highest BCUT2D eigenvalue weighted by Crippen LogP contribution is 2.40. The molecule has 1 aliphatic rings. The van der Waals surface area contributed by atoms with Crippen LogP contribution in [0.3, 0.4) is 0 Å². The van der Waals surface area contributed by atoms with Crippen molar-refractivity contribution in [1.29, 1.82) is 5.26 Å². The second-order valence-electron chi connectivity index (χ2n) is 7.93. The molecule has 7 heteroatoms. The first kappa shape index (κ1) is 19.6. The number of hydrazine groups is 1. The minimum atomic E-state index is -0.175. The molecule has 1 aliphatic carbocycles. The van der Waals surface area contributed by atoms with Crippen LogP contribution in [-0.2, 0) is 12.8 Å². The monoisotopic (exact) mass is 400 g/mol. The van der Waals surface area contributed by atoms with Gasteiger partial charge in [0.2, 0.25) is 0 Å². The van der Waals surface area contributed by atoms with Crippen molar-refractivity contribution in [2.45, 2.75) is 47.0 Å². The van der Waals surface area contributed by atoms with Gasteiger partial charge in [-0.3, -0.25) is 10.2 Å². The van der Waals surface area contributed by atoms with Crippen LogP contribution in [0, 0.1) is 29.6 Å². The number of carbonyl (C=O) groups excluding carboxylic acids is 1. The van der Waals surface area contributed by atoms with E-state index in [1.54, 1.807) is 11.3 Å². The zero-order valence-corrected chi connectivity index (χ0v) is 17.7. The Morgan fingerprint density at radius 1 is 1.44 bits per heavy atom. The number of allylic oxidation sites excluding steroid dienone is 1. The number of rotatable bonds is 4. The molecule has 3 rings (SSSR count). The van der Waals surface area contributed by atoms with Crippen molar-refractivity contribution < 1.29 is 4.79 Å². The third-order valence-electron chi connectivity index (χ3n) is 4.90. The van der Waals surface area contributed by atoms with E-state index in [1.807, 2.05) is 18.4 Å². The Morgan fingerprint density at radius 3 is 2.85 bits per heavy atom. The van der Waals surface area contributed by atoms with E-state index < -0.39 is 0 Å². The molecule has 27 heavy (non-hydrogen) atoms. The van der Waals surface area contributed by atoms with Gasteiger partial charge in [0.25, 0.3) is 5.91 Å². The molecule has 2 N–H and O–H groups in total. The number of aromatic nitrogens is 1. The summed E-state index contributed by atoms with van der Waals surface area (Å²) in [5, 5.41) is 11.8. The van der Waals surface area contributed by atoms with Crippen molar-refractivity contribution >= 4 is 34.2 Å². The molecule has 2 aromatic heterocycles. The molecule has 0 saturated carbocycles. The smallest absolute Gasteiger partial charge is 0.279 e. The molecule has 0 radical (unpaired) electrons. The third-order valence-corrected chi connectivity index (χ3v) is 7.13. The third kappa shape index (κ3) is 4.57. The van der Waals surface area contributed by atoms with E-state index in [0.29, 0.717) is 21.4 Å². The maximum absolute atomic E-state index is 12.5. The lowest BCUT2D eigenvalue weighted by molar-refractivity contribution is 0.0945. The first-order valence-corrected chi connectivity index (χ1v) is 10.7. The SMILES string of the molecule is Cc1csc(/C(C#N)=C/NNC(=O)c2cc3c(s2)CC[C@H](C(C)(C)C)C3)n1. The molecule has 1 amide bonds. The van der Waals surface area contributed by atoms with Gasteiger partial charge in [0.05, 0.1) is 4.88 Å². The van der Waals surface area contributed by atoms with Crippen LogP contribution in [0.15, 0.2) is 17.6 Å². The maximum atomic E-state index is 12.5. The van der Waals surface area contributed by atoms with Gasteiger partial charge in [0.15, 0.2) is 0 Å². The summed E-state index contributed by atoms with van der Waals surface area (Å²) in [6, 6.07) is 4.12. The number of carbonyl (C=O) groups is 1. The van der Waals surface area contributed by atoms with Crippen LogP contribution < -0.4 is 10.9 Å². The molecule has 2 heterocycles. The fourth-order valence-corrected chi connectivity index (χ4v) is 5.10. The second-order valence-corrected chi connectivity index (χ2v) is 9.92. The lowest BCUT2D eigenvalue weighted by Crippen LogP contribution is -2.33. The molecule has 0 aromatic carbocycles. The topological polar surface area (TPSA) is 77.8 Å². The van der Waals surface area contributed by atoms with Crippen LogP contribution in [0.25, 0.3) is 5.57 Å². The molecule has 1 atom stereocenters. The van der Waals surface area contributed by atoms with Crippen LogP contribution in [0.2, 0.25) is 0 Å². The van der Waals surface area contributed by atoms with Crippen LogP contribution in [0.5, 0.6) is 0 Å². The lowest BCUT2D eigenvalue weighted by atomic mass is 9.72. The number of hydrogen-bond donors (Lipinski definition) is 2. The summed E-state index contributed by atoms with van der Waals surface area (Å²) in [4.78, 5) is 18.8. The number of nitrogens with zero attached hydrogens (tertiary/aromatic N) is 2. The Balaban J connectivity index is 1.63. The summed E-state index contributed by atoms with van der Waals surface area (Å²) < 4.78 is 0. The maximum Gasteiger partial charge on any atom is 0.279 e. The number of hydrogen-bond acceptors (Lipinski definition) is 6. The van der Waals surface area contributed by atoms with Crippen molar-refractivity contribution in [3.8, 4) is 6.07 Å². The number of fused-ring (bicyclic) bond motifs is 1. The number of thiazole rings is 1. The lowest BCUT2D eigenvalue weighted by Gasteiger charge is -2.33. The second kappa shape index (κ2) is 7.83. The van der Waals surface area contributed by atoms with Crippen LogP contribution in [-0.4, -0.2) is 10.9 Å². The molecular formula is C20H24N4OS2. The molecule has 2 aromatic rings. The number of amides is 1. The minimum Gasteiger partial charge on any atom is -0.304 e. The van der Waals surface area contributed by atoms with E-state index in [1.165, 1.54) is 34.4 Å². The summed E-state index contributed by atoms with van der Waals surface area (Å²) >= 11 is 2.98. The van der Waals surface area contributed by atoms with Gasteiger partial charge in [-0.05, 0) is 49.1 Å². The molecule has 0 saturated heterocycles. The van der Waals surface area contributed by atoms with E-state index in [0.717, 1.165) is 18.5 Å². The number of nitrogens with one attached hydrogen (secondary N) is 2. The predicted molar refractivity (Wildman–Crippen MR) is 110 cm³/mol. The van der Waals surface area contributed by atoms with Crippen molar-refractivity contribution in [1.82, 2.24) is 15.8 Å². The molecular weight excluding hydrogens is 376 g/mol. The van der Waals surface area contributed by atoms with Crippen molar-refractivity contribution in [3.05, 3.63) is 43.7 Å². The van der Waals surface area contributed by atoms with Crippen LogP contribution in [0.1, 0.15) is 58.0 Å². The molecule has 0 spiro atoms. The molecule has 0 bridgehead atoms. The molecule has 5 nitrogen and oxygen atoms in total. The minimum absolute atomic E-state index is 0.175. The highest BCUT2D eigenvalue weighted by Gasteiger charge is 2.30. The predicted octanol–water partition coefficient (Wildman–Crippen LogP) is 4.46. The van der Waals surface area contributed by atoms with Gasteiger partial charge < -0.3 is 5.43 Å². The standard InChI is InChI=1S/C20H24N4OS2/c1-12-11-26-19(23-12)14(9-21)10-22-24-18(25)17-8-13-7-15(20(2,3)4)5-6-16(13)27-17/h8,10-11,15,22H,5-7H2,1-4H3,(H,24,25)/b14-10+/t15-/m0/s1. The number of nitriles is 1. The Morgan fingerprint density at radius 2 is 2.22 bits per heavy atom. The number of aryl methyl sites for hydroxylation is 2. The van der Waals surface area contributed by atoms with Gasteiger partial charge in [0, 0.05) is 22.2 Å². The van der Waals surface area contributed by atoms with Gasteiger partial charge in [-0.25, -0.2) is 4.98 Å². The molecule has 0 aliphatic heterocycles. The van der Waals surface area contributed by atoms with Crippen molar-refractivity contribution in [2.75, 3.05) is 0 Å². The van der Waals surface area contributed by atoms with E-state index >= 15 is 0 Å². The normalized spacial score (nSPS) is 17.1. The zero-order valence-electron chi connectivity index (χ0n) is 16.0. The van der Waals surface area contributed by atoms with Crippen molar-refractivity contribution in [2.24, 2.45) is 11.3 Å². The highest BCUT2D eigenvalue weighted by molar-refractivity contribution is 7.14. The van der Waals surface area contributed by atoms with Gasteiger partial charge in [-0.1, -0.05) is 20.8 Å². The first-order valence-electron chi connectivity index (χ1n) is 8.98. The fourth-order valence-electron chi connectivity index (χ4n) is 3.23. The van der Waals surface area contributed by atoms with E-state index in [9.17, 15) is 10.1 Å². The molecule has 142 valence electrons.